The van der Waals surface area contributed by atoms with Crippen LogP contribution in [-0.2, 0) is 0 Å². The van der Waals surface area contributed by atoms with Gasteiger partial charge in [0, 0.05) is 5.02 Å². The predicted molar refractivity (Wildman–Crippen MR) is 78.6 cm³/mol. The normalized spacial score (nSPS) is 9.89. The van der Waals surface area contributed by atoms with Crippen LogP contribution in [0.1, 0.15) is 5.56 Å². The van der Waals surface area contributed by atoms with Gasteiger partial charge in [0.15, 0.2) is 0 Å². The summed E-state index contributed by atoms with van der Waals surface area (Å²) in [6, 6.07) is 12.6. The highest BCUT2D eigenvalue weighted by atomic mass is 79.9. The van der Waals surface area contributed by atoms with Gasteiger partial charge in [-0.3, -0.25) is 0 Å². The first-order valence-electron chi connectivity index (χ1n) is 5.02. The highest BCUT2D eigenvalue weighted by Crippen LogP contribution is 2.33. The summed E-state index contributed by atoms with van der Waals surface area (Å²) in [6.45, 7) is 0. The van der Waals surface area contributed by atoms with E-state index < -0.39 is 0 Å². The summed E-state index contributed by atoms with van der Waals surface area (Å²) >= 11 is 15.3. The number of nitrogens with zero attached hydrogens (tertiary/aromatic N) is 1. The van der Waals surface area contributed by atoms with Crippen LogP contribution in [0, 0.1) is 11.3 Å². The third kappa shape index (κ3) is 2.78. The zero-order valence-electron chi connectivity index (χ0n) is 9.05. The molecular weight excluding hydrogens is 335 g/mol. The second-order valence-electron chi connectivity index (χ2n) is 3.53. The van der Waals surface area contributed by atoms with Crippen molar-refractivity contribution >= 4 is 50.5 Å². The molecule has 2 aromatic carbocycles. The fraction of sp³-hybridized carbons (Fsp3) is 0. The molecule has 0 bridgehead atoms. The van der Waals surface area contributed by atoms with Crippen molar-refractivity contribution in [2.24, 2.45) is 0 Å². The average molecular weight is 342 g/mol. The molecule has 90 valence electrons. The molecule has 18 heavy (non-hydrogen) atoms. The van der Waals surface area contributed by atoms with Gasteiger partial charge >= 0.3 is 0 Å². The molecule has 0 fully saturated rings. The van der Waals surface area contributed by atoms with Crippen molar-refractivity contribution in [1.82, 2.24) is 0 Å². The lowest BCUT2D eigenvalue weighted by atomic mass is 10.2. The topological polar surface area (TPSA) is 35.8 Å². The van der Waals surface area contributed by atoms with E-state index in [0.717, 1.165) is 10.2 Å². The summed E-state index contributed by atoms with van der Waals surface area (Å²) < 4.78 is 0.746. The molecule has 0 heterocycles. The van der Waals surface area contributed by atoms with Crippen LogP contribution in [0.25, 0.3) is 0 Å². The number of rotatable bonds is 2. The number of hydrogen-bond acceptors (Lipinski definition) is 2. The van der Waals surface area contributed by atoms with Gasteiger partial charge in [-0.25, -0.2) is 0 Å². The maximum absolute atomic E-state index is 9.04. The molecule has 0 aliphatic rings. The highest BCUT2D eigenvalue weighted by molar-refractivity contribution is 9.10. The Morgan fingerprint density at radius 1 is 1.11 bits per heavy atom. The van der Waals surface area contributed by atoms with Crippen LogP contribution in [0.3, 0.4) is 0 Å². The van der Waals surface area contributed by atoms with Gasteiger partial charge in [-0.2, -0.15) is 5.26 Å². The van der Waals surface area contributed by atoms with Crippen molar-refractivity contribution in [1.29, 1.82) is 5.26 Å². The summed E-state index contributed by atoms with van der Waals surface area (Å²) in [4.78, 5) is 0. The van der Waals surface area contributed by atoms with Gasteiger partial charge in [-0.05, 0) is 46.3 Å². The third-order valence-corrected chi connectivity index (χ3v) is 3.96. The number of hydrogen-bond donors (Lipinski definition) is 1. The minimum absolute atomic E-state index is 0.520. The molecule has 0 atom stereocenters. The zero-order chi connectivity index (χ0) is 13.1. The Hall–Kier alpha value is -1.21. The highest BCUT2D eigenvalue weighted by Gasteiger charge is 2.07. The second kappa shape index (κ2) is 5.62. The van der Waals surface area contributed by atoms with Crippen molar-refractivity contribution in [3.8, 4) is 6.07 Å². The summed E-state index contributed by atoms with van der Waals surface area (Å²) in [5, 5.41) is 13.3. The summed E-state index contributed by atoms with van der Waals surface area (Å²) in [5.41, 5.74) is 1.94. The third-order valence-electron chi connectivity index (χ3n) is 2.32. The Balaban J connectivity index is 2.43. The Morgan fingerprint density at radius 3 is 2.61 bits per heavy atom. The fourth-order valence-electron chi connectivity index (χ4n) is 1.46. The van der Waals surface area contributed by atoms with E-state index in [4.69, 9.17) is 28.5 Å². The number of benzene rings is 2. The molecule has 2 rings (SSSR count). The first-order valence-corrected chi connectivity index (χ1v) is 6.57. The molecule has 5 heteroatoms. The number of anilines is 2. The molecule has 2 aromatic rings. The summed E-state index contributed by atoms with van der Waals surface area (Å²) in [6.07, 6.45) is 0. The Bertz CT molecular complexity index is 635. The SMILES string of the molecule is N#Cc1ccc(Cl)cc1Nc1cccc(Cl)c1Br. The van der Waals surface area contributed by atoms with E-state index in [1.807, 2.05) is 12.1 Å². The van der Waals surface area contributed by atoms with Gasteiger partial charge in [0.1, 0.15) is 6.07 Å². The van der Waals surface area contributed by atoms with Gasteiger partial charge in [0.25, 0.3) is 0 Å². The summed E-state index contributed by atoms with van der Waals surface area (Å²) in [7, 11) is 0. The summed E-state index contributed by atoms with van der Waals surface area (Å²) in [5.74, 6) is 0. The predicted octanol–water partition coefficient (Wildman–Crippen LogP) is 5.37. The molecule has 0 aromatic heterocycles. The lowest BCUT2D eigenvalue weighted by Gasteiger charge is -2.11. The maximum atomic E-state index is 9.04. The smallest absolute Gasteiger partial charge is 0.101 e. The minimum Gasteiger partial charge on any atom is -0.353 e. The first-order chi connectivity index (χ1) is 8.61. The lowest BCUT2D eigenvalue weighted by molar-refractivity contribution is 1.45. The van der Waals surface area contributed by atoms with Gasteiger partial charge in [-0.15, -0.1) is 0 Å². The minimum atomic E-state index is 0.520. The zero-order valence-corrected chi connectivity index (χ0v) is 12.1. The molecule has 1 N–H and O–H groups in total. The molecule has 0 saturated carbocycles. The van der Waals surface area contributed by atoms with Crippen molar-refractivity contribution in [3.63, 3.8) is 0 Å². The molecule has 0 unspecified atom stereocenters. The number of nitriles is 1. The maximum Gasteiger partial charge on any atom is 0.101 e. The van der Waals surface area contributed by atoms with Gasteiger partial charge < -0.3 is 5.32 Å². The molecule has 2 nitrogen and oxygen atoms in total. The van der Waals surface area contributed by atoms with Crippen LogP contribution in [0.5, 0.6) is 0 Å². The van der Waals surface area contributed by atoms with Crippen LogP contribution in [-0.4, -0.2) is 0 Å². The van der Waals surface area contributed by atoms with Crippen LogP contribution < -0.4 is 5.32 Å². The second-order valence-corrected chi connectivity index (χ2v) is 5.16. The van der Waals surface area contributed by atoms with Crippen molar-refractivity contribution in [2.45, 2.75) is 0 Å². The van der Waals surface area contributed by atoms with Crippen molar-refractivity contribution in [3.05, 3.63) is 56.5 Å². The number of nitrogens with one attached hydrogen (secondary N) is 1. The molecule has 0 saturated heterocycles. The van der Waals surface area contributed by atoms with Crippen LogP contribution in [0.15, 0.2) is 40.9 Å². The van der Waals surface area contributed by atoms with Crippen LogP contribution in [0.4, 0.5) is 11.4 Å². The monoisotopic (exact) mass is 340 g/mol. The van der Waals surface area contributed by atoms with E-state index in [9.17, 15) is 0 Å². The van der Waals surface area contributed by atoms with Crippen LogP contribution in [0.2, 0.25) is 10.0 Å². The lowest BCUT2D eigenvalue weighted by Crippen LogP contribution is -1.94. The quantitative estimate of drug-likeness (QED) is 0.796. The molecule has 0 aliphatic heterocycles. The van der Waals surface area contributed by atoms with Gasteiger partial charge in [0.05, 0.1) is 26.4 Å². The molecular formula is C13H7BrCl2N2. The average Bonchev–Trinajstić information content (AvgIpc) is 2.35. The standard InChI is InChI=1S/C13H7BrCl2N2/c14-13-10(16)2-1-3-11(13)18-12-6-9(15)5-4-8(12)7-17/h1-6,18H. The van der Waals surface area contributed by atoms with Crippen LogP contribution >= 0.6 is 39.1 Å². The molecule has 0 aliphatic carbocycles. The number of halogens is 3. The van der Waals surface area contributed by atoms with E-state index in [1.54, 1.807) is 24.3 Å². The van der Waals surface area contributed by atoms with E-state index in [-0.39, 0.29) is 0 Å². The van der Waals surface area contributed by atoms with Gasteiger partial charge in [-0.1, -0.05) is 29.3 Å². The van der Waals surface area contributed by atoms with E-state index in [1.165, 1.54) is 0 Å². The van der Waals surface area contributed by atoms with E-state index in [2.05, 4.69) is 27.3 Å². The Kier molecular flexibility index (Phi) is 4.13. The fourth-order valence-corrected chi connectivity index (χ4v) is 2.17. The first kappa shape index (κ1) is 13.2. The molecule has 0 radical (unpaired) electrons. The van der Waals surface area contributed by atoms with Crippen molar-refractivity contribution in [2.75, 3.05) is 5.32 Å². The molecule has 0 amide bonds. The largest absolute Gasteiger partial charge is 0.353 e. The Morgan fingerprint density at radius 2 is 1.89 bits per heavy atom. The molecule has 0 spiro atoms. The van der Waals surface area contributed by atoms with E-state index in [0.29, 0.717) is 21.3 Å². The van der Waals surface area contributed by atoms with E-state index >= 15 is 0 Å². The van der Waals surface area contributed by atoms with Gasteiger partial charge in [0.2, 0.25) is 0 Å². The van der Waals surface area contributed by atoms with Crippen molar-refractivity contribution < 1.29 is 0 Å². The Labute approximate surface area is 123 Å².